The van der Waals surface area contributed by atoms with Crippen LogP contribution < -0.4 is 21.5 Å². The molecule has 4 rings (SSSR count). The molecule has 1 aromatic heterocycles. The van der Waals surface area contributed by atoms with Gasteiger partial charge in [-0.2, -0.15) is 0 Å². The number of rotatable bonds is 8. The van der Waals surface area contributed by atoms with E-state index >= 15 is 0 Å². The molecule has 0 bridgehead atoms. The SMILES string of the molecule is NNC(=O)Nc1ccc(N(CCCl)CCCl)c(-c2cc(-c3ccc(Cl)cc3Cl)nc3ccccc23)c1. The molecule has 0 unspecified atom stereocenters. The Morgan fingerprint density at radius 1 is 0.889 bits per heavy atom. The fourth-order valence-corrected chi connectivity index (χ4v) is 4.98. The van der Waals surface area contributed by atoms with E-state index in [-0.39, 0.29) is 0 Å². The number of halogens is 4. The molecule has 0 fully saturated rings. The number of hydrazine groups is 1. The van der Waals surface area contributed by atoms with Gasteiger partial charge in [0.05, 0.1) is 16.2 Å². The Morgan fingerprint density at radius 3 is 2.33 bits per heavy atom. The van der Waals surface area contributed by atoms with Crippen molar-refractivity contribution in [2.75, 3.05) is 35.1 Å². The Bertz CT molecular complexity index is 1390. The number of amides is 2. The van der Waals surface area contributed by atoms with Crippen LogP contribution in [0.3, 0.4) is 0 Å². The van der Waals surface area contributed by atoms with Crippen LogP contribution in [0.25, 0.3) is 33.3 Å². The van der Waals surface area contributed by atoms with Crippen LogP contribution in [-0.2, 0) is 0 Å². The maximum Gasteiger partial charge on any atom is 0.333 e. The lowest BCUT2D eigenvalue weighted by molar-refractivity contribution is 0.252. The third kappa shape index (κ3) is 5.80. The van der Waals surface area contributed by atoms with Crippen molar-refractivity contribution in [2.45, 2.75) is 0 Å². The molecule has 0 aliphatic rings. The summed E-state index contributed by atoms with van der Waals surface area (Å²) in [5, 5.41) is 4.72. The average molecular weight is 563 g/mol. The number of hydrogen-bond donors (Lipinski definition) is 3. The Balaban J connectivity index is 2.00. The highest BCUT2D eigenvalue weighted by atomic mass is 35.5. The van der Waals surface area contributed by atoms with Gasteiger partial charge in [-0.3, -0.25) is 5.43 Å². The van der Waals surface area contributed by atoms with Crippen molar-refractivity contribution in [2.24, 2.45) is 5.84 Å². The third-order valence-electron chi connectivity index (χ3n) is 5.65. The number of alkyl halides is 2. The lowest BCUT2D eigenvalue weighted by Gasteiger charge is -2.27. The second-order valence-corrected chi connectivity index (χ2v) is 9.49. The van der Waals surface area contributed by atoms with Crippen molar-refractivity contribution >= 4 is 74.7 Å². The van der Waals surface area contributed by atoms with Crippen LogP contribution in [0, 0.1) is 0 Å². The van der Waals surface area contributed by atoms with Gasteiger partial charge in [-0.05, 0) is 54.1 Å². The van der Waals surface area contributed by atoms with Gasteiger partial charge in [0, 0.05) is 57.8 Å². The largest absolute Gasteiger partial charge is 0.369 e. The van der Waals surface area contributed by atoms with E-state index in [9.17, 15) is 4.79 Å². The Labute approximate surface area is 229 Å². The quantitative estimate of drug-likeness (QED) is 0.0920. The summed E-state index contributed by atoms with van der Waals surface area (Å²) in [5.74, 6) is 6.13. The number of nitrogens with zero attached hydrogens (tertiary/aromatic N) is 2. The topological polar surface area (TPSA) is 83.3 Å². The van der Waals surface area contributed by atoms with Gasteiger partial charge in [0.1, 0.15) is 0 Å². The predicted molar refractivity (Wildman–Crippen MR) is 153 cm³/mol. The van der Waals surface area contributed by atoms with Gasteiger partial charge >= 0.3 is 6.03 Å². The predicted octanol–water partition coefficient (Wildman–Crippen LogP) is 7.15. The molecule has 4 N–H and O–H groups in total. The molecular weight excluding hydrogens is 540 g/mol. The molecule has 186 valence electrons. The van der Waals surface area contributed by atoms with E-state index < -0.39 is 6.03 Å². The number of hydrogen-bond acceptors (Lipinski definition) is 4. The second-order valence-electron chi connectivity index (χ2n) is 7.89. The summed E-state index contributed by atoms with van der Waals surface area (Å²) in [4.78, 5) is 18.9. The number of carbonyl (C=O) groups excluding carboxylic acids is 1. The standard InChI is InChI=1S/C26H23Cl4N5O/c27-9-11-35(12-10-28)25-8-6-17(32-26(36)34-31)14-21(25)20-15-24(19-7-5-16(29)13-22(19)30)33-23-4-2-1-3-18(20)23/h1-8,13-15H,9-12,31H2,(H2,32,34,36). The summed E-state index contributed by atoms with van der Waals surface area (Å²) in [7, 11) is 0. The zero-order valence-corrected chi connectivity index (χ0v) is 22.1. The molecule has 6 nitrogen and oxygen atoms in total. The highest BCUT2D eigenvalue weighted by molar-refractivity contribution is 6.36. The molecule has 1 heterocycles. The fourth-order valence-electron chi connectivity index (χ4n) is 4.06. The van der Waals surface area contributed by atoms with E-state index in [0.29, 0.717) is 46.3 Å². The van der Waals surface area contributed by atoms with Crippen molar-refractivity contribution in [3.05, 3.63) is 76.8 Å². The molecule has 4 aromatic rings. The molecule has 0 aliphatic heterocycles. The first kappa shape index (κ1) is 26.3. The van der Waals surface area contributed by atoms with Gasteiger partial charge in [-0.15, -0.1) is 23.2 Å². The fraction of sp³-hybridized carbons (Fsp3) is 0.154. The first-order valence-electron chi connectivity index (χ1n) is 11.1. The van der Waals surface area contributed by atoms with E-state index in [1.807, 2.05) is 54.6 Å². The number of fused-ring (bicyclic) bond motifs is 1. The number of aromatic nitrogens is 1. The van der Waals surface area contributed by atoms with E-state index in [4.69, 9.17) is 57.2 Å². The van der Waals surface area contributed by atoms with Crippen LogP contribution in [0.4, 0.5) is 16.2 Å². The Kier molecular flexibility index (Phi) is 8.77. The number of para-hydroxylation sites is 1. The molecule has 3 aromatic carbocycles. The van der Waals surface area contributed by atoms with Crippen molar-refractivity contribution in [3.63, 3.8) is 0 Å². The molecule has 10 heteroatoms. The number of benzene rings is 3. The average Bonchev–Trinajstić information content (AvgIpc) is 2.88. The molecule has 0 saturated heterocycles. The Morgan fingerprint density at radius 2 is 1.64 bits per heavy atom. The third-order valence-corrected chi connectivity index (χ3v) is 6.53. The number of pyridine rings is 1. The molecule has 0 atom stereocenters. The summed E-state index contributed by atoms with van der Waals surface area (Å²) in [5.41, 5.74) is 7.59. The van der Waals surface area contributed by atoms with Gasteiger partial charge in [0.15, 0.2) is 0 Å². The molecular formula is C26H23Cl4N5O. The van der Waals surface area contributed by atoms with Crippen molar-refractivity contribution in [1.29, 1.82) is 0 Å². The molecule has 36 heavy (non-hydrogen) atoms. The van der Waals surface area contributed by atoms with Crippen molar-refractivity contribution < 1.29 is 4.79 Å². The number of nitrogens with one attached hydrogen (secondary N) is 2. The molecule has 2 amide bonds. The van der Waals surface area contributed by atoms with Crippen molar-refractivity contribution in [3.8, 4) is 22.4 Å². The summed E-state index contributed by atoms with van der Waals surface area (Å²) in [6.45, 7) is 1.19. The maximum atomic E-state index is 11.9. The van der Waals surface area contributed by atoms with Crippen LogP contribution in [-0.4, -0.2) is 35.9 Å². The number of nitrogens with two attached hydrogens (primary N) is 1. The smallest absolute Gasteiger partial charge is 0.333 e. The lowest BCUT2D eigenvalue weighted by Crippen LogP contribution is -2.34. The first-order chi connectivity index (χ1) is 17.4. The van der Waals surface area contributed by atoms with Crippen LogP contribution in [0.1, 0.15) is 0 Å². The Hall–Kier alpha value is -2.74. The van der Waals surface area contributed by atoms with E-state index in [2.05, 4.69) is 15.6 Å². The van der Waals surface area contributed by atoms with Crippen LogP contribution in [0.2, 0.25) is 10.0 Å². The van der Waals surface area contributed by atoms with Gasteiger partial charge in [0.25, 0.3) is 0 Å². The zero-order chi connectivity index (χ0) is 25.7. The van der Waals surface area contributed by atoms with Gasteiger partial charge in [-0.1, -0.05) is 41.4 Å². The highest BCUT2D eigenvalue weighted by Gasteiger charge is 2.18. The minimum absolute atomic E-state index is 0.425. The highest BCUT2D eigenvalue weighted by Crippen LogP contribution is 2.40. The number of anilines is 2. The molecule has 0 aliphatic carbocycles. The molecule has 0 spiro atoms. The van der Waals surface area contributed by atoms with Crippen LogP contribution in [0.5, 0.6) is 0 Å². The minimum Gasteiger partial charge on any atom is -0.369 e. The summed E-state index contributed by atoms with van der Waals surface area (Å²) >= 11 is 24.9. The summed E-state index contributed by atoms with van der Waals surface area (Å²) < 4.78 is 0. The lowest BCUT2D eigenvalue weighted by atomic mass is 9.96. The van der Waals surface area contributed by atoms with Crippen molar-refractivity contribution in [1.82, 2.24) is 10.4 Å². The summed E-state index contributed by atoms with van der Waals surface area (Å²) in [6, 6.07) is 20.3. The normalized spacial score (nSPS) is 10.9. The zero-order valence-electron chi connectivity index (χ0n) is 19.1. The monoisotopic (exact) mass is 561 g/mol. The van der Waals surface area contributed by atoms with Gasteiger partial charge in [0.2, 0.25) is 0 Å². The molecule has 0 radical (unpaired) electrons. The summed E-state index contributed by atoms with van der Waals surface area (Å²) in [6.07, 6.45) is 0. The van der Waals surface area contributed by atoms with Gasteiger partial charge in [-0.25, -0.2) is 15.6 Å². The van der Waals surface area contributed by atoms with E-state index in [1.54, 1.807) is 12.1 Å². The van der Waals surface area contributed by atoms with Gasteiger partial charge < -0.3 is 10.2 Å². The maximum absolute atomic E-state index is 11.9. The molecule has 0 saturated carbocycles. The second kappa shape index (κ2) is 12.0. The van der Waals surface area contributed by atoms with E-state index in [0.717, 1.165) is 33.3 Å². The first-order valence-corrected chi connectivity index (χ1v) is 12.9. The van der Waals surface area contributed by atoms with Crippen LogP contribution in [0.15, 0.2) is 66.7 Å². The minimum atomic E-state index is -0.528. The van der Waals surface area contributed by atoms with E-state index in [1.165, 1.54) is 0 Å². The number of urea groups is 1. The van der Waals surface area contributed by atoms with Crippen LogP contribution >= 0.6 is 46.4 Å². The number of carbonyl (C=O) groups is 1.